The van der Waals surface area contributed by atoms with E-state index in [9.17, 15) is 4.79 Å². The van der Waals surface area contributed by atoms with Crippen molar-refractivity contribution >= 4 is 11.9 Å². The maximum absolute atomic E-state index is 12.1. The van der Waals surface area contributed by atoms with E-state index in [2.05, 4.69) is 33.1 Å². The highest BCUT2D eigenvalue weighted by molar-refractivity contribution is 5.94. The molecule has 0 radical (unpaired) electrons. The van der Waals surface area contributed by atoms with Crippen molar-refractivity contribution in [2.45, 2.75) is 26.3 Å². The molecule has 0 aromatic heterocycles. The quantitative estimate of drug-likeness (QED) is 0.506. The summed E-state index contributed by atoms with van der Waals surface area (Å²) >= 11 is 0. The Balaban J connectivity index is 1.81. The van der Waals surface area contributed by atoms with Gasteiger partial charge in [0.15, 0.2) is 5.96 Å². The first-order chi connectivity index (χ1) is 12.7. The van der Waals surface area contributed by atoms with Crippen LogP contribution in [-0.4, -0.2) is 32.0 Å². The third-order valence-corrected chi connectivity index (χ3v) is 3.96. The number of amides is 1. The van der Waals surface area contributed by atoms with Crippen LogP contribution in [0.1, 0.15) is 34.8 Å². The fourth-order valence-electron chi connectivity index (χ4n) is 2.54. The molecule has 26 heavy (non-hydrogen) atoms. The molecule has 5 heteroatoms. The number of benzene rings is 2. The number of nitrogens with zero attached hydrogens (tertiary/aromatic N) is 1. The number of carbonyl (C=O) groups is 1. The molecule has 5 nitrogen and oxygen atoms in total. The first kappa shape index (κ1) is 19.5. The summed E-state index contributed by atoms with van der Waals surface area (Å²) in [6.07, 6.45) is 1.87. The highest BCUT2D eigenvalue weighted by Gasteiger charge is 2.05. The van der Waals surface area contributed by atoms with E-state index in [1.165, 1.54) is 5.56 Å². The molecule has 0 saturated carbocycles. The monoisotopic (exact) mass is 352 g/mol. The Morgan fingerprint density at radius 3 is 2.42 bits per heavy atom. The van der Waals surface area contributed by atoms with Gasteiger partial charge in [0.05, 0.1) is 0 Å². The average Bonchev–Trinajstić information content (AvgIpc) is 2.69. The Labute approximate surface area is 155 Å². The van der Waals surface area contributed by atoms with E-state index in [1.807, 2.05) is 49.4 Å². The topological polar surface area (TPSA) is 65.5 Å². The van der Waals surface area contributed by atoms with Crippen molar-refractivity contribution < 1.29 is 4.79 Å². The molecule has 138 valence electrons. The molecule has 0 aliphatic carbocycles. The van der Waals surface area contributed by atoms with Crippen LogP contribution in [0, 0.1) is 0 Å². The smallest absolute Gasteiger partial charge is 0.251 e. The Hall–Kier alpha value is -2.82. The molecule has 0 fully saturated rings. The van der Waals surface area contributed by atoms with E-state index in [1.54, 1.807) is 7.05 Å². The third kappa shape index (κ3) is 6.59. The Morgan fingerprint density at radius 2 is 1.69 bits per heavy atom. The SMILES string of the molecule is CCCNC(=O)c1cccc(CNC(=NC)NCCc2ccccc2)c1. The zero-order chi connectivity index (χ0) is 18.6. The minimum Gasteiger partial charge on any atom is -0.356 e. The largest absolute Gasteiger partial charge is 0.356 e. The zero-order valence-corrected chi connectivity index (χ0v) is 15.6. The van der Waals surface area contributed by atoms with E-state index in [0.717, 1.165) is 30.9 Å². The third-order valence-electron chi connectivity index (χ3n) is 3.96. The van der Waals surface area contributed by atoms with Gasteiger partial charge in [-0.3, -0.25) is 9.79 Å². The molecule has 2 aromatic carbocycles. The molecule has 0 spiro atoms. The van der Waals surface area contributed by atoms with Crippen LogP contribution in [0.2, 0.25) is 0 Å². The number of aliphatic imine (C=N–C) groups is 1. The predicted octanol–water partition coefficient (Wildman–Crippen LogP) is 2.73. The normalized spacial score (nSPS) is 11.1. The van der Waals surface area contributed by atoms with Gasteiger partial charge in [-0.15, -0.1) is 0 Å². The molecular weight excluding hydrogens is 324 g/mol. The van der Waals surface area contributed by atoms with Crippen LogP contribution in [-0.2, 0) is 13.0 Å². The van der Waals surface area contributed by atoms with Crippen molar-refractivity contribution in [1.29, 1.82) is 0 Å². The second-order valence-corrected chi connectivity index (χ2v) is 6.04. The van der Waals surface area contributed by atoms with Crippen molar-refractivity contribution in [2.24, 2.45) is 4.99 Å². The Kier molecular flexibility index (Phi) is 8.19. The number of hydrogen-bond donors (Lipinski definition) is 3. The number of guanidine groups is 1. The molecule has 0 unspecified atom stereocenters. The predicted molar refractivity (Wildman–Crippen MR) is 107 cm³/mol. The first-order valence-corrected chi connectivity index (χ1v) is 9.08. The summed E-state index contributed by atoms with van der Waals surface area (Å²) in [4.78, 5) is 16.3. The molecule has 1 amide bonds. The maximum atomic E-state index is 12.1. The fraction of sp³-hybridized carbons (Fsp3) is 0.333. The van der Waals surface area contributed by atoms with Crippen LogP contribution in [0.4, 0.5) is 0 Å². The summed E-state index contributed by atoms with van der Waals surface area (Å²) in [7, 11) is 1.76. The molecular formula is C21H28N4O. The van der Waals surface area contributed by atoms with Gasteiger partial charge >= 0.3 is 0 Å². The van der Waals surface area contributed by atoms with Crippen LogP contribution in [0.3, 0.4) is 0 Å². The van der Waals surface area contributed by atoms with Crippen molar-refractivity contribution in [3.05, 3.63) is 71.3 Å². The lowest BCUT2D eigenvalue weighted by Gasteiger charge is -2.12. The van der Waals surface area contributed by atoms with Crippen molar-refractivity contribution in [3.8, 4) is 0 Å². The van der Waals surface area contributed by atoms with Crippen molar-refractivity contribution in [1.82, 2.24) is 16.0 Å². The van der Waals surface area contributed by atoms with Gasteiger partial charge in [-0.1, -0.05) is 49.4 Å². The van der Waals surface area contributed by atoms with Gasteiger partial charge in [0.2, 0.25) is 0 Å². The second kappa shape index (κ2) is 10.9. The van der Waals surface area contributed by atoms with Crippen LogP contribution < -0.4 is 16.0 Å². The van der Waals surface area contributed by atoms with E-state index in [0.29, 0.717) is 18.7 Å². The Morgan fingerprint density at radius 1 is 0.923 bits per heavy atom. The van der Waals surface area contributed by atoms with E-state index >= 15 is 0 Å². The molecule has 0 aliphatic rings. The van der Waals surface area contributed by atoms with Gasteiger partial charge in [0.1, 0.15) is 0 Å². The summed E-state index contributed by atoms with van der Waals surface area (Å²) in [5, 5.41) is 9.50. The standard InChI is InChI=1S/C21H28N4O/c1-3-13-23-20(26)19-11-7-10-18(15-19)16-25-21(22-2)24-14-12-17-8-5-4-6-9-17/h4-11,15H,3,12-14,16H2,1-2H3,(H,23,26)(H2,22,24,25). The second-order valence-electron chi connectivity index (χ2n) is 6.04. The van der Waals surface area contributed by atoms with Crippen LogP contribution >= 0.6 is 0 Å². The maximum Gasteiger partial charge on any atom is 0.251 e. The lowest BCUT2D eigenvalue weighted by molar-refractivity contribution is 0.0953. The van der Waals surface area contributed by atoms with Gasteiger partial charge in [-0.05, 0) is 36.1 Å². The Bertz CT molecular complexity index is 713. The molecule has 0 aliphatic heterocycles. The summed E-state index contributed by atoms with van der Waals surface area (Å²) < 4.78 is 0. The van der Waals surface area contributed by atoms with Crippen LogP contribution in [0.5, 0.6) is 0 Å². The van der Waals surface area contributed by atoms with Crippen LogP contribution in [0.25, 0.3) is 0 Å². The average molecular weight is 352 g/mol. The number of carbonyl (C=O) groups excluding carboxylic acids is 1. The van der Waals surface area contributed by atoms with Crippen LogP contribution in [0.15, 0.2) is 59.6 Å². The summed E-state index contributed by atoms with van der Waals surface area (Å²) in [5.74, 6) is 0.723. The molecule has 0 bridgehead atoms. The molecule has 0 heterocycles. The molecule has 2 aromatic rings. The van der Waals surface area contributed by atoms with E-state index < -0.39 is 0 Å². The van der Waals surface area contributed by atoms with E-state index in [-0.39, 0.29) is 5.91 Å². The zero-order valence-electron chi connectivity index (χ0n) is 15.6. The highest BCUT2D eigenvalue weighted by Crippen LogP contribution is 2.05. The van der Waals surface area contributed by atoms with Crippen molar-refractivity contribution in [3.63, 3.8) is 0 Å². The minimum atomic E-state index is -0.0286. The van der Waals surface area contributed by atoms with Gasteiger partial charge in [-0.2, -0.15) is 0 Å². The van der Waals surface area contributed by atoms with Gasteiger partial charge in [0.25, 0.3) is 5.91 Å². The highest BCUT2D eigenvalue weighted by atomic mass is 16.1. The summed E-state index contributed by atoms with van der Waals surface area (Å²) in [5.41, 5.74) is 3.02. The lowest BCUT2D eigenvalue weighted by atomic mass is 10.1. The molecule has 3 N–H and O–H groups in total. The summed E-state index contributed by atoms with van der Waals surface area (Å²) in [6, 6.07) is 18.0. The van der Waals surface area contributed by atoms with E-state index in [4.69, 9.17) is 0 Å². The molecule has 0 saturated heterocycles. The number of rotatable bonds is 8. The van der Waals surface area contributed by atoms with Gasteiger partial charge in [-0.25, -0.2) is 0 Å². The molecule has 2 rings (SSSR count). The fourth-order valence-corrected chi connectivity index (χ4v) is 2.54. The van der Waals surface area contributed by atoms with Gasteiger partial charge in [0, 0.05) is 32.2 Å². The van der Waals surface area contributed by atoms with Crippen molar-refractivity contribution in [2.75, 3.05) is 20.1 Å². The molecule has 0 atom stereocenters. The number of nitrogens with one attached hydrogen (secondary N) is 3. The lowest BCUT2D eigenvalue weighted by Crippen LogP contribution is -2.37. The number of hydrogen-bond acceptors (Lipinski definition) is 2. The minimum absolute atomic E-state index is 0.0286. The first-order valence-electron chi connectivity index (χ1n) is 9.08. The van der Waals surface area contributed by atoms with Gasteiger partial charge < -0.3 is 16.0 Å². The summed E-state index contributed by atoms with van der Waals surface area (Å²) in [6.45, 7) is 4.15.